The number of fused-ring (bicyclic) bond motifs is 3. The summed E-state index contributed by atoms with van der Waals surface area (Å²) in [7, 11) is 0. The van der Waals surface area contributed by atoms with Gasteiger partial charge in [-0.15, -0.1) is 0 Å². The van der Waals surface area contributed by atoms with Gasteiger partial charge in [-0.1, -0.05) is 59.3 Å². The molecule has 0 radical (unpaired) electrons. The largest absolute Gasteiger partial charge is 0.298 e. The Balaban J connectivity index is 1.54. The third kappa shape index (κ3) is 2.48. The van der Waals surface area contributed by atoms with E-state index >= 15 is 0 Å². The minimum atomic E-state index is -0.617. The maximum Gasteiger partial charge on any atom is 0.282 e. The fraction of sp³-hybridized carbons (Fsp3) is 0. The van der Waals surface area contributed by atoms with E-state index in [0.29, 0.717) is 5.13 Å². The van der Waals surface area contributed by atoms with Gasteiger partial charge in [-0.25, -0.2) is 4.98 Å². The number of nitro benzene ring substituents is 1. The summed E-state index contributed by atoms with van der Waals surface area (Å²) in [6.07, 6.45) is 0. The number of nitro groups is 1. The normalized spacial score (nSPS) is 11.5. The number of halogens is 1. The summed E-state index contributed by atoms with van der Waals surface area (Å²) < 4.78 is 0. The van der Waals surface area contributed by atoms with Crippen molar-refractivity contribution in [2.24, 2.45) is 0 Å². The smallest absolute Gasteiger partial charge is 0.282 e. The third-order valence-electron chi connectivity index (χ3n) is 4.65. The Hall–Kier alpha value is -3.29. The van der Waals surface area contributed by atoms with Crippen LogP contribution in [0.15, 0.2) is 54.6 Å². The molecule has 0 saturated carbocycles. The lowest BCUT2D eigenvalue weighted by atomic mass is 10.0. The molecule has 0 bridgehead atoms. The Bertz CT molecular complexity index is 1260. The van der Waals surface area contributed by atoms with Gasteiger partial charge in [-0.05, 0) is 22.9 Å². The van der Waals surface area contributed by atoms with Crippen LogP contribution in [0.2, 0.25) is 5.02 Å². The SMILES string of the molecule is O=C(Nc1nc2c(s1)-c1cccc3cccc-2c13)c1cc(Cl)ccc1[N+](=O)[O-]. The first kappa shape index (κ1) is 16.9. The van der Waals surface area contributed by atoms with Crippen LogP contribution in [0.1, 0.15) is 10.4 Å². The van der Waals surface area contributed by atoms with Crippen LogP contribution in [0, 0.1) is 10.1 Å². The van der Waals surface area contributed by atoms with E-state index in [1.54, 1.807) is 0 Å². The van der Waals surface area contributed by atoms with E-state index in [1.165, 1.54) is 29.5 Å². The van der Waals surface area contributed by atoms with Gasteiger partial charge in [-0.2, -0.15) is 0 Å². The summed E-state index contributed by atoms with van der Waals surface area (Å²) in [5, 5.41) is 16.8. The van der Waals surface area contributed by atoms with Crippen molar-refractivity contribution in [2.45, 2.75) is 0 Å². The van der Waals surface area contributed by atoms with Gasteiger partial charge in [0.25, 0.3) is 11.6 Å². The first-order valence-corrected chi connectivity index (χ1v) is 9.51. The number of hydrogen-bond acceptors (Lipinski definition) is 5. The van der Waals surface area contributed by atoms with Gasteiger partial charge in [0.2, 0.25) is 0 Å². The standard InChI is InChI=1S/C20H10ClN3O3S/c21-11-7-8-15(24(26)27)14(9-11)19(25)23-20-22-17-12-5-1-3-10-4-2-6-13(16(10)12)18(17)28-20/h1-9H,(H,22,23,25). The lowest BCUT2D eigenvalue weighted by molar-refractivity contribution is -0.385. The molecule has 0 unspecified atom stereocenters. The monoisotopic (exact) mass is 407 g/mol. The second kappa shape index (κ2) is 6.12. The Kier molecular flexibility index (Phi) is 3.68. The van der Waals surface area contributed by atoms with Crippen LogP contribution >= 0.6 is 22.9 Å². The topological polar surface area (TPSA) is 85.1 Å². The molecule has 1 amide bonds. The lowest BCUT2D eigenvalue weighted by Crippen LogP contribution is -2.13. The van der Waals surface area contributed by atoms with E-state index in [1.807, 2.05) is 24.3 Å². The molecule has 1 N–H and O–H groups in total. The Morgan fingerprint density at radius 2 is 1.86 bits per heavy atom. The molecule has 136 valence electrons. The van der Waals surface area contributed by atoms with E-state index in [0.717, 1.165) is 32.5 Å². The average molecular weight is 408 g/mol. The van der Waals surface area contributed by atoms with Crippen LogP contribution in [-0.4, -0.2) is 15.8 Å². The number of thiazole rings is 1. The quantitative estimate of drug-likeness (QED) is 0.304. The van der Waals surface area contributed by atoms with Gasteiger partial charge in [-0.3, -0.25) is 20.2 Å². The summed E-state index contributed by atoms with van der Waals surface area (Å²) in [6.45, 7) is 0. The van der Waals surface area contributed by atoms with Crippen LogP contribution in [-0.2, 0) is 0 Å². The molecule has 0 atom stereocenters. The summed E-state index contributed by atoms with van der Waals surface area (Å²) in [5.74, 6) is -0.617. The molecule has 0 fully saturated rings. The zero-order valence-corrected chi connectivity index (χ0v) is 15.7. The molecule has 0 spiro atoms. The van der Waals surface area contributed by atoms with Crippen molar-refractivity contribution in [2.75, 3.05) is 5.32 Å². The number of carbonyl (C=O) groups is 1. The number of aromatic nitrogens is 1. The van der Waals surface area contributed by atoms with Crippen LogP contribution in [0.4, 0.5) is 10.8 Å². The molecular weight excluding hydrogens is 398 g/mol. The third-order valence-corrected chi connectivity index (χ3v) is 5.89. The van der Waals surface area contributed by atoms with Crippen LogP contribution in [0.5, 0.6) is 0 Å². The highest BCUT2D eigenvalue weighted by atomic mass is 35.5. The molecule has 0 saturated heterocycles. The fourth-order valence-electron chi connectivity index (χ4n) is 3.48. The van der Waals surface area contributed by atoms with Crippen molar-refractivity contribution in [1.29, 1.82) is 0 Å². The summed E-state index contributed by atoms with van der Waals surface area (Å²) in [4.78, 5) is 28.8. The molecule has 1 aliphatic rings. The molecule has 1 aromatic heterocycles. The average Bonchev–Trinajstić information content (AvgIpc) is 3.21. The van der Waals surface area contributed by atoms with Crippen molar-refractivity contribution in [3.63, 3.8) is 0 Å². The number of nitrogens with zero attached hydrogens (tertiary/aromatic N) is 2. The van der Waals surface area contributed by atoms with Crippen molar-refractivity contribution in [3.05, 3.63) is 75.3 Å². The van der Waals surface area contributed by atoms with Gasteiger partial charge in [0.15, 0.2) is 5.13 Å². The number of amides is 1. The minimum absolute atomic E-state index is 0.102. The Labute approximate surface area is 167 Å². The van der Waals surface area contributed by atoms with E-state index in [2.05, 4.69) is 22.4 Å². The van der Waals surface area contributed by atoms with Gasteiger partial charge in [0.05, 0.1) is 15.5 Å². The molecule has 5 rings (SSSR count). The molecule has 4 aromatic rings. The zero-order chi connectivity index (χ0) is 19.4. The molecule has 6 nitrogen and oxygen atoms in total. The van der Waals surface area contributed by atoms with Crippen LogP contribution in [0.25, 0.3) is 32.5 Å². The second-order valence-electron chi connectivity index (χ2n) is 6.28. The summed E-state index contributed by atoms with van der Waals surface area (Å²) in [6, 6.07) is 16.0. The fourth-order valence-corrected chi connectivity index (χ4v) is 4.66. The number of rotatable bonds is 3. The first-order valence-electron chi connectivity index (χ1n) is 8.31. The van der Waals surface area contributed by atoms with Gasteiger partial charge in [0.1, 0.15) is 5.56 Å². The van der Waals surface area contributed by atoms with Crippen LogP contribution in [0.3, 0.4) is 0 Å². The summed E-state index contributed by atoms with van der Waals surface area (Å²) in [5.41, 5.74) is 2.51. The minimum Gasteiger partial charge on any atom is -0.298 e. The molecule has 28 heavy (non-hydrogen) atoms. The highest BCUT2D eigenvalue weighted by molar-refractivity contribution is 7.20. The number of carbonyl (C=O) groups excluding carboxylic acids is 1. The predicted octanol–water partition coefficient (Wildman–Crippen LogP) is 5.76. The van der Waals surface area contributed by atoms with E-state index in [-0.39, 0.29) is 16.3 Å². The first-order chi connectivity index (χ1) is 13.5. The molecular formula is C20H10ClN3O3S. The van der Waals surface area contributed by atoms with E-state index in [9.17, 15) is 14.9 Å². The van der Waals surface area contributed by atoms with Crippen molar-refractivity contribution in [3.8, 4) is 21.7 Å². The number of anilines is 1. The van der Waals surface area contributed by atoms with Gasteiger partial charge >= 0.3 is 0 Å². The highest BCUT2D eigenvalue weighted by Gasteiger charge is 2.27. The predicted molar refractivity (Wildman–Crippen MR) is 110 cm³/mol. The zero-order valence-electron chi connectivity index (χ0n) is 14.1. The maximum absolute atomic E-state index is 12.6. The number of benzene rings is 3. The maximum atomic E-state index is 12.6. The van der Waals surface area contributed by atoms with Gasteiger partial charge in [0, 0.05) is 22.2 Å². The van der Waals surface area contributed by atoms with E-state index in [4.69, 9.17) is 11.6 Å². The van der Waals surface area contributed by atoms with Crippen molar-refractivity contribution in [1.82, 2.24) is 4.98 Å². The van der Waals surface area contributed by atoms with Crippen molar-refractivity contribution < 1.29 is 9.72 Å². The molecule has 8 heteroatoms. The van der Waals surface area contributed by atoms with Crippen molar-refractivity contribution >= 4 is 50.4 Å². The number of nitrogens with one attached hydrogen (secondary N) is 1. The van der Waals surface area contributed by atoms with Gasteiger partial charge < -0.3 is 0 Å². The summed E-state index contributed by atoms with van der Waals surface area (Å²) >= 11 is 7.26. The Morgan fingerprint density at radius 3 is 2.61 bits per heavy atom. The Morgan fingerprint density at radius 1 is 1.11 bits per heavy atom. The highest BCUT2D eigenvalue weighted by Crippen LogP contribution is 2.50. The lowest BCUT2D eigenvalue weighted by Gasteiger charge is -2.04. The van der Waals surface area contributed by atoms with Crippen LogP contribution < -0.4 is 5.32 Å². The second-order valence-corrected chi connectivity index (χ2v) is 7.71. The molecule has 3 aromatic carbocycles. The number of hydrogen-bond donors (Lipinski definition) is 1. The molecule has 1 heterocycles. The molecule has 1 aliphatic carbocycles. The molecule has 0 aliphatic heterocycles. The van der Waals surface area contributed by atoms with E-state index < -0.39 is 10.8 Å².